The molecule has 1 unspecified atom stereocenters. The van der Waals surface area contributed by atoms with Crippen molar-refractivity contribution in [2.75, 3.05) is 4.90 Å². The van der Waals surface area contributed by atoms with Crippen LogP contribution >= 0.6 is 19.7 Å². The molecule has 0 bridgehead atoms. The number of aliphatic hydroxyl groups is 1. The molecule has 10 heteroatoms. The van der Waals surface area contributed by atoms with Crippen molar-refractivity contribution in [3.63, 3.8) is 0 Å². The molecule has 0 radical (unpaired) electrons. The minimum absolute atomic E-state index is 0.0212. The van der Waals surface area contributed by atoms with E-state index in [1.54, 1.807) is 41.3 Å². The number of aromatic hydroxyl groups is 1. The second kappa shape index (κ2) is 13.3. The Bertz CT molecular complexity index is 1820. The molecule has 0 aromatic heterocycles. The van der Waals surface area contributed by atoms with Crippen LogP contribution in [0.4, 0.5) is 14.9 Å². The number of benzene rings is 5. The van der Waals surface area contributed by atoms with E-state index in [-0.39, 0.29) is 27.4 Å². The Hall–Kier alpha value is -4.08. The minimum Gasteiger partial charge on any atom is -0.0622 e. The molecule has 1 fully saturated rings. The summed E-state index contributed by atoms with van der Waals surface area (Å²) in [6, 6.07) is 34.1. The van der Waals surface area contributed by atoms with Gasteiger partial charge in [-0.25, -0.2) is 4.39 Å². The molecule has 0 spiro atoms. The first-order chi connectivity index (χ1) is 22.1. The molecule has 5 aromatic rings. The van der Waals surface area contributed by atoms with Crippen molar-refractivity contribution in [2.24, 2.45) is 0 Å². The number of halogens is 1. The van der Waals surface area contributed by atoms with Gasteiger partial charge in [0.05, 0.1) is 6.10 Å². The van der Waals surface area contributed by atoms with E-state index in [0.717, 1.165) is 22.9 Å². The third kappa shape index (κ3) is 6.86. The fraction of sp³-hybridized carbons (Fsp3) is 0.139. The number of phenols is 1. The monoisotopic (exact) mass is 657 g/mol. The molecule has 3 atom stereocenters. The van der Waals surface area contributed by atoms with Gasteiger partial charge in [0.1, 0.15) is 5.82 Å². The first-order valence-electron chi connectivity index (χ1n) is 14.8. The molecule has 1 amide bonds. The fourth-order valence-electron chi connectivity index (χ4n) is 5.83. The summed E-state index contributed by atoms with van der Waals surface area (Å²) < 4.78 is 13.4. The number of anilines is 1. The van der Waals surface area contributed by atoms with Gasteiger partial charge >= 0.3 is 167 Å². The normalized spacial score (nSPS) is 17.7. The van der Waals surface area contributed by atoms with E-state index in [1.165, 1.54) is 24.3 Å². The summed E-state index contributed by atoms with van der Waals surface area (Å²) in [4.78, 5) is 44.1. The summed E-state index contributed by atoms with van der Waals surface area (Å²) in [5, 5.41) is 21.8. The number of hydrogen-bond donors (Lipinski definition) is 5. The van der Waals surface area contributed by atoms with Crippen LogP contribution in [0.5, 0.6) is 5.75 Å². The second-order valence-corrected chi connectivity index (χ2v) is 14.3. The molecule has 7 nitrogen and oxygen atoms in total. The van der Waals surface area contributed by atoms with Gasteiger partial charge in [-0.05, 0) is 28.8 Å². The number of aliphatic hydroxyl groups excluding tert-OH is 1. The van der Waals surface area contributed by atoms with Crippen LogP contribution in [0.25, 0.3) is 22.3 Å². The fourth-order valence-corrected chi connectivity index (χ4v) is 7.69. The van der Waals surface area contributed by atoms with Crippen LogP contribution in [-0.2, 0) is 0 Å². The number of carbonyl (C=O) groups is 1. The Morgan fingerprint density at radius 3 is 1.98 bits per heavy atom. The molecule has 46 heavy (non-hydrogen) atoms. The molecule has 1 saturated heterocycles. The predicted molar refractivity (Wildman–Crippen MR) is 183 cm³/mol. The molecular weight excluding hydrogens is 624 g/mol. The Morgan fingerprint density at radius 2 is 1.35 bits per heavy atom. The number of amides is 1. The van der Waals surface area contributed by atoms with Gasteiger partial charge in [0.15, 0.2) is 0 Å². The number of hydrogen-bond acceptors (Lipinski definition) is 7. The van der Waals surface area contributed by atoms with Gasteiger partial charge in [-0.1, -0.05) is 54.6 Å². The molecule has 1 aliphatic heterocycles. The van der Waals surface area contributed by atoms with Crippen LogP contribution in [-0.4, -0.2) is 35.4 Å². The van der Waals surface area contributed by atoms with E-state index in [1.807, 2.05) is 60.7 Å². The molecule has 1 aliphatic rings. The summed E-state index contributed by atoms with van der Waals surface area (Å²) in [5.74, 6) is -0.408. The summed E-state index contributed by atoms with van der Waals surface area (Å²) in [5.41, 5.74) is 5.20. The molecule has 6 rings (SSSR count). The predicted octanol–water partition coefficient (Wildman–Crippen LogP) is 7.26. The smallest absolute Gasteiger partial charge is 0.0622 e. The molecule has 0 saturated carbocycles. The third-order valence-electron chi connectivity index (χ3n) is 8.27. The average molecular weight is 658 g/mol. The maximum absolute atomic E-state index is 13.6. The van der Waals surface area contributed by atoms with Gasteiger partial charge in [0.2, 0.25) is 0 Å². The number of carbonyl (C=O) groups excluding carboxylic acids is 1. The Labute approximate surface area is 270 Å². The standard InChI is InChI=1S/C36H33FNO6PS/c37-28-13-6-26(7-14-28)32(39)20-21-34-35(31-19-12-27(22-33(31)40)25-10-17-30(18-11-25)45(42,43)44)38(36(41)46-34)29-15-8-24(9-16-29)23-4-2-1-3-5-23/h1-19,22,32,34-35,39-40,42-45H,20-21H2/t32?,34-,35-/m1/s1. The van der Waals surface area contributed by atoms with Gasteiger partial charge < -0.3 is 5.11 Å². The Kier molecular flexibility index (Phi) is 9.25. The van der Waals surface area contributed by atoms with Crippen molar-refractivity contribution in [2.45, 2.75) is 30.2 Å². The zero-order valence-corrected chi connectivity index (χ0v) is 26.4. The number of rotatable bonds is 9. The van der Waals surface area contributed by atoms with E-state index in [4.69, 9.17) is 0 Å². The van der Waals surface area contributed by atoms with Crippen molar-refractivity contribution in [3.8, 4) is 28.0 Å². The zero-order valence-electron chi connectivity index (χ0n) is 24.6. The Balaban J connectivity index is 1.32. The molecule has 5 aromatic carbocycles. The second-order valence-electron chi connectivity index (χ2n) is 11.3. The van der Waals surface area contributed by atoms with Crippen molar-refractivity contribution in [1.29, 1.82) is 0 Å². The SMILES string of the molecule is O=C1S[C@H](CCC(O)c2ccc(F)cc2)[C@@H](c2ccc(-c3ccc([PH](O)(O)O)cc3)cc2O)N1c1ccc(-c2ccccc2)cc1. The summed E-state index contributed by atoms with van der Waals surface area (Å²) in [6.45, 7) is 0. The van der Waals surface area contributed by atoms with Crippen LogP contribution < -0.4 is 10.2 Å². The molecule has 0 aliphatic carbocycles. The molecule has 5 N–H and O–H groups in total. The topological polar surface area (TPSA) is 121 Å². The van der Waals surface area contributed by atoms with Gasteiger partial charge in [-0.2, -0.15) is 0 Å². The van der Waals surface area contributed by atoms with Crippen molar-refractivity contribution < 1.29 is 34.1 Å². The number of thioether (sulfide) groups is 1. The maximum atomic E-state index is 13.6. The van der Waals surface area contributed by atoms with Gasteiger partial charge in [-0.15, -0.1) is 0 Å². The summed E-state index contributed by atoms with van der Waals surface area (Å²) in [7, 11) is -4.44. The summed E-state index contributed by atoms with van der Waals surface area (Å²) in [6.07, 6.45) is -0.0888. The quantitative estimate of drug-likeness (QED) is 0.106. The van der Waals surface area contributed by atoms with Gasteiger partial charge in [-0.3, -0.25) is 0 Å². The van der Waals surface area contributed by atoms with Crippen molar-refractivity contribution in [1.82, 2.24) is 0 Å². The summed E-state index contributed by atoms with van der Waals surface area (Å²) >= 11 is 1.16. The third-order valence-corrected chi connectivity index (χ3v) is 10.6. The van der Waals surface area contributed by atoms with E-state index in [2.05, 4.69) is 0 Å². The molecule has 1 heterocycles. The van der Waals surface area contributed by atoms with Crippen LogP contribution in [0, 0.1) is 5.82 Å². The van der Waals surface area contributed by atoms with Crippen LogP contribution in [0.2, 0.25) is 0 Å². The first kappa shape index (κ1) is 31.9. The average Bonchev–Trinajstić information content (AvgIpc) is 3.39. The van der Waals surface area contributed by atoms with Crippen molar-refractivity contribution >= 4 is 35.9 Å². The van der Waals surface area contributed by atoms with E-state index in [0.29, 0.717) is 40.8 Å². The van der Waals surface area contributed by atoms with Crippen molar-refractivity contribution in [3.05, 3.63) is 138 Å². The van der Waals surface area contributed by atoms with E-state index < -0.39 is 20.1 Å². The van der Waals surface area contributed by atoms with E-state index in [9.17, 15) is 34.1 Å². The number of nitrogens with zero attached hydrogens (tertiary/aromatic N) is 1. The Morgan fingerprint density at radius 1 is 0.761 bits per heavy atom. The van der Waals surface area contributed by atoms with Crippen LogP contribution in [0.3, 0.4) is 0 Å². The van der Waals surface area contributed by atoms with Crippen LogP contribution in [0.15, 0.2) is 121 Å². The first-order valence-corrected chi connectivity index (χ1v) is 17.5. The van der Waals surface area contributed by atoms with Crippen LogP contribution in [0.1, 0.15) is 36.1 Å². The molecule has 236 valence electrons. The minimum atomic E-state index is -4.44. The number of phenolic OH excluding ortho intramolecular Hbond substituents is 1. The van der Waals surface area contributed by atoms with Gasteiger partial charge in [0.25, 0.3) is 0 Å². The molecular formula is C36H33FNO6PS. The zero-order chi connectivity index (χ0) is 32.4. The van der Waals surface area contributed by atoms with E-state index >= 15 is 0 Å². The van der Waals surface area contributed by atoms with Gasteiger partial charge in [0, 0.05) is 0 Å².